The van der Waals surface area contributed by atoms with E-state index in [0.717, 1.165) is 5.57 Å². The molecule has 1 aliphatic rings. The van der Waals surface area contributed by atoms with E-state index in [2.05, 4.69) is 10.6 Å². The minimum atomic E-state index is -0.897. The number of primary amides is 1. The molecule has 0 spiro atoms. The summed E-state index contributed by atoms with van der Waals surface area (Å²) in [5.74, 6) is -1.06. The zero-order valence-electron chi connectivity index (χ0n) is 25.0. The quantitative estimate of drug-likeness (QED) is 0.148. The van der Waals surface area contributed by atoms with Crippen LogP contribution in [0.3, 0.4) is 0 Å². The number of hydrogen-bond donors (Lipinski definition) is 3. The molecule has 0 fully saturated rings. The van der Waals surface area contributed by atoms with Crippen LogP contribution in [0.2, 0.25) is 0 Å². The Labute approximate surface area is 248 Å². The van der Waals surface area contributed by atoms with Gasteiger partial charge in [0.1, 0.15) is 18.2 Å². The summed E-state index contributed by atoms with van der Waals surface area (Å²) in [6.07, 6.45) is 15.0. The summed E-state index contributed by atoms with van der Waals surface area (Å²) in [6.45, 7) is 12.9. The normalized spacial score (nSPS) is 19.1. The molecule has 226 valence electrons. The number of nitrogens with two attached hydrogens (primary N) is 1. The molecule has 0 aliphatic carbocycles. The molecular weight excluding hydrogens is 546 g/mol. The standard InChI is InChI=1S/C31H44ClN3O6/c1-20(19-22(3)25-17-14-21(2)29(38)41-25)11-8-9-13-26(36)35-27(31(5,6)7)28(37)34-18-10-12-24(40-30(33)39)16-15-23(4)32/h8-11,13-15,18-19,22,24-25,27H,12,16-17H2,1-7H3,(H2,33,39)(H,34,37)(H,35,36)/b11-8+,13-9-,18-10-,20-19+,23-15+. The first kappa shape index (κ1) is 35.4. The zero-order valence-corrected chi connectivity index (χ0v) is 25.8. The second-order valence-corrected chi connectivity index (χ2v) is 11.7. The monoisotopic (exact) mass is 589 g/mol. The van der Waals surface area contributed by atoms with Gasteiger partial charge >= 0.3 is 12.1 Å². The molecule has 0 aromatic carbocycles. The molecular formula is C31H44ClN3O6. The summed E-state index contributed by atoms with van der Waals surface area (Å²) in [6, 6.07) is -0.814. The van der Waals surface area contributed by atoms with Gasteiger partial charge in [0.25, 0.3) is 0 Å². The van der Waals surface area contributed by atoms with E-state index in [1.807, 2.05) is 52.8 Å². The SMILES string of the molecule is CC1=CCC(C(C)/C=C(C)/C=C/C=C\C(=O)NC(C(=O)N/C=C\CC(C/C=C(\C)Cl)OC(N)=O)C(C)(C)C)OC1=O. The van der Waals surface area contributed by atoms with E-state index < -0.39 is 35.5 Å². The molecule has 1 rings (SSSR count). The highest BCUT2D eigenvalue weighted by Gasteiger charge is 2.32. The van der Waals surface area contributed by atoms with Crippen LogP contribution >= 0.6 is 11.6 Å². The molecule has 0 radical (unpaired) electrons. The molecule has 4 atom stereocenters. The Bertz CT molecular complexity index is 1120. The number of nitrogens with one attached hydrogen (secondary N) is 2. The molecule has 9 nitrogen and oxygen atoms in total. The number of hydrogen-bond acceptors (Lipinski definition) is 6. The average molecular weight is 590 g/mol. The van der Waals surface area contributed by atoms with Gasteiger partial charge in [-0.1, -0.05) is 87.4 Å². The molecule has 1 heterocycles. The fourth-order valence-electron chi connectivity index (χ4n) is 3.87. The van der Waals surface area contributed by atoms with Crippen molar-refractivity contribution < 1.29 is 28.7 Å². The lowest BCUT2D eigenvalue weighted by Gasteiger charge is -2.29. The molecule has 4 unspecified atom stereocenters. The predicted molar refractivity (Wildman–Crippen MR) is 161 cm³/mol. The van der Waals surface area contributed by atoms with E-state index in [-0.39, 0.29) is 18.0 Å². The molecule has 1 aliphatic heterocycles. The van der Waals surface area contributed by atoms with Gasteiger partial charge < -0.3 is 25.8 Å². The summed E-state index contributed by atoms with van der Waals surface area (Å²) in [5.41, 5.74) is 6.15. The highest BCUT2D eigenvalue weighted by atomic mass is 35.5. The maximum absolute atomic E-state index is 12.9. The second-order valence-electron chi connectivity index (χ2n) is 11.1. The number of cyclic esters (lactones) is 1. The number of allylic oxidation sites excluding steroid dienone is 5. The summed E-state index contributed by atoms with van der Waals surface area (Å²) >= 11 is 5.84. The minimum Gasteiger partial charge on any atom is -0.458 e. The Balaban J connectivity index is 2.70. The van der Waals surface area contributed by atoms with E-state index in [1.165, 1.54) is 12.3 Å². The third kappa shape index (κ3) is 14.6. The van der Waals surface area contributed by atoms with Crippen molar-refractivity contribution in [3.63, 3.8) is 0 Å². The van der Waals surface area contributed by atoms with Gasteiger partial charge in [-0.3, -0.25) is 9.59 Å². The third-order valence-electron chi connectivity index (χ3n) is 6.17. The van der Waals surface area contributed by atoms with Gasteiger partial charge in [0.05, 0.1) is 0 Å². The van der Waals surface area contributed by atoms with E-state index >= 15 is 0 Å². The van der Waals surface area contributed by atoms with Gasteiger partial charge in [-0.05, 0) is 32.4 Å². The maximum Gasteiger partial charge on any atom is 0.404 e. The summed E-state index contributed by atoms with van der Waals surface area (Å²) in [4.78, 5) is 48.3. The Morgan fingerprint density at radius 2 is 1.85 bits per heavy atom. The number of esters is 1. The van der Waals surface area contributed by atoms with Crippen molar-refractivity contribution >= 4 is 35.5 Å². The minimum absolute atomic E-state index is 0.0357. The van der Waals surface area contributed by atoms with Crippen molar-refractivity contribution in [3.8, 4) is 0 Å². The van der Waals surface area contributed by atoms with E-state index in [9.17, 15) is 19.2 Å². The molecule has 10 heteroatoms. The molecule has 3 amide bonds. The molecule has 0 saturated heterocycles. The van der Waals surface area contributed by atoms with Crippen LogP contribution in [0.15, 0.2) is 71.0 Å². The fourth-order valence-corrected chi connectivity index (χ4v) is 3.95. The Hall–Kier alpha value is -3.59. The van der Waals surface area contributed by atoms with E-state index in [1.54, 1.807) is 38.2 Å². The fraction of sp³-hybridized carbons (Fsp3) is 0.484. The van der Waals surface area contributed by atoms with E-state index in [0.29, 0.717) is 29.9 Å². The summed E-state index contributed by atoms with van der Waals surface area (Å²) in [7, 11) is 0. The van der Waals surface area contributed by atoms with Gasteiger partial charge in [0.2, 0.25) is 11.8 Å². The van der Waals surface area contributed by atoms with Crippen molar-refractivity contribution in [2.24, 2.45) is 17.1 Å². The Morgan fingerprint density at radius 3 is 2.44 bits per heavy atom. The lowest BCUT2D eigenvalue weighted by Crippen LogP contribution is -2.52. The lowest BCUT2D eigenvalue weighted by molar-refractivity contribution is -0.147. The number of amides is 3. The topological polar surface area (TPSA) is 137 Å². The van der Waals surface area contributed by atoms with Gasteiger partial charge in [0.15, 0.2) is 0 Å². The number of carbonyl (C=O) groups is 4. The largest absolute Gasteiger partial charge is 0.458 e. The van der Waals surface area contributed by atoms with Crippen LogP contribution in [0, 0.1) is 11.3 Å². The molecule has 0 saturated carbocycles. The Kier molecular flexibility index (Phi) is 14.9. The summed E-state index contributed by atoms with van der Waals surface area (Å²) in [5, 5.41) is 5.99. The number of halogens is 1. The molecule has 41 heavy (non-hydrogen) atoms. The first-order valence-corrected chi connectivity index (χ1v) is 13.9. The molecule has 0 aromatic rings. The average Bonchev–Trinajstić information content (AvgIpc) is 2.86. The highest BCUT2D eigenvalue weighted by molar-refractivity contribution is 6.29. The van der Waals surface area contributed by atoms with Gasteiger partial charge in [0, 0.05) is 41.9 Å². The predicted octanol–water partition coefficient (Wildman–Crippen LogP) is 5.49. The van der Waals surface area contributed by atoms with Crippen molar-refractivity contribution in [2.45, 2.75) is 86.0 Å². The maximum atomic E-state index is 12.9. The van der Waals surface area contributed by atoms with Gasteiger partial charge in [-0.2, -0.15) is 0 Å². The first-order valence-electron chi connectivity index (χ1n) is 13.5. The smallest absolute Gasteiger partial charge is 0.404 e. The first-order chi connectivity index (χ1) is 19.1. The van der Waals surface area contributed by atoms with Crippen LogP contribution in [-0.2, 0) is 23.9 Å². The van der Waals surface area contributed by atoms with Gasteiger partial charge in [-0.15, -0.1) is 0 Å². The highest BCUT2D eigenvalue weighted by Crippen LogP contribution is 2.22. The van der Waals surface area contributed by atoms with Crippen LogP contribution in [0.5, 0.6) is 0 Å². The lowest BCUT2D eigenvalue weighted by atomic mass is 9.86. The second kappa shape index (κ2) is 17.3. The van der Waals surface area contributed by atoms with Crippen LogP contribution in [0.1, 0.15) is 67.7 Å². The Morgan fingerprint density at radius 1 is 1.20 bits per heavy atom. The van der Waals surface area contributed by atoms with Crippen molar-refractivity contribution in [2.75, 3.05) is 0 Å². The van der Waals surface area contributed by atoms with Crippen LogP contribution < -0.4 is 16.4 Å². The van der Waals surface area contributed by atoms with Crippen molar-refractivity contribution in [1.29, 1.82) is 0 Å². The molecule has 0 aromatic heterocycles. The van der Waals surface area contributed by atoms with Crippen LogP contribution in [0.25, 0.3) is 0 Å². The van der Waals surface area contributed by atoms with Crippen LogP contribution in [-0.4, -0.2) is 42.1 Å². The number of ether oxygens (including phenoxy) is 2. The van der Waals surface area contributed by atoms with Gasteiger partial charge in [-0.25, -0.2) is 9.59 Å². The van der Waals surface area contributed by atoms with E-state index in [4.69, 9.17) is 26.8 Å². The zero-order chi connectivity index (χ0) is 31.2. The third-order valence-corrected chi connectivity index (χ3v) is 6.32. The van der Waals surface area contributed by atoms with Crippen molar-refractivity contribution in [3.05, 3.63) is 71.0 Å². The molecule has 4 N–H and O–H groups in total. The summed E-state index contributed by atoms with van der Waals surface area (Å²) < 4.78 is 10.5. The van der Waals surface area contributed by atoms with Crippen molar-refractivity contribution in [1.82, 2.24) is 10.6 Å². The van der Waals surface area contributed by atoms with Crippen LogP contribution in [0.4, 0.5) is 4.79 Å². The molecule has 0 bridgehead atoms. The number of carbonyl (C=O) groups excluding carboxylic acids is 4. The number of rotatable bonds is 13.